The molecule has 0 aliphatic heterocycles. The predicted molar refractivity (Wildman–Crippen MR) is 107 cm³/mol. The molecule has 11 heteroatoms. The van der Waals surface area contributed by atoms with Gasteiger partial charge in [0.25, 0.3) is 0 Å². The lowest BCUT2D eigenvalue weighted by molar-refractivity contribution is 0.280. The maximum absolute atomic E-state index is 5.68. The van der Waals surface area contributed by atoms with Crippen LogP contribution < -0.4 is 10.1 Å². The molecule has 0 bridgehead atoms. The molecule has 0 aromatic carbocycles. The summed E-state index contributed by atoms with van der Waals surface area (Å²) in [6.07, 6.45) is 4.98. The normalized spacial score (nSPS) is 13.4. The van der Waals surface area contributed by atoms with Crippen molar-refractivity contribution in [3.05, 3.63) is 42.5 Å². The molecular formula is C17H20N9OP. The highest BCUT2D eigenvalue weighted by Gasteiger charge is 2.16. The minimum absolute atomic E-state index is 0.0173. The fraction of sp³-hybridized carbons (Fsp3) is 0.294. The maximum atomic E-state index is 5.68. The molecule has 0 saturated heterocycles. The van der Waals surface area contributed by atoms with Gasteiger partial charge < -0.3 is 10.1 Å². The van der Waals surface area contributed by atoms with Crippen molar-refractivity contribution in [3.63, 3.8) is 0 Å². The van der Waals surface area contributed by atoms with Crippen LogP contribution in [0.3, 0.4) is 0 Å². The molecule has 0 radical (unpaired) electrons. The fourth-order valence-electron chi connectivity index (χ4n) is 2.77. The van der Waals surface area contributed by atoms with Crippen molar-refractivity contribution in [2.24, 2.45) is 7.05 Å². The van der Waals surface area contributed by atoms with Gasteiger partial charge in [-0.2, -0.15) is 20.4 Å². The quantitative estimate of drug-likeness (QED) is 0.494. The van der Waals surface area contributed by atoms with Crippen LogP contribution in [0.5, 0.6) is 5.88 Å². The molecule has 4 aromatic heterocycles. The van der Waals surface area contributed by atoms with Crippen LogP contribution in [0.1, 0.15) is 25.6 Å². The van der Waals surface area contributed by atoms with E-state index in [2.05, 4.69) is 44.9 Å². The van der Waals surface area contributed by atoms with E-state index in [-0.39, 0.29) is 11.9 Å². The third-order valence-electron chi connectivity index (χ3n) is 4.09. The SMILES string of the molecule is CC(P)Oc1cc(Nc2cnc3cnn([C@H](C)c4cccnn4)c3n2)nn1C. The number of fused-ring (bicyclic) bond motifs is 1. The second-order valence-electron chi connectivity index (χ2n) is 6.32. The molecule has 10 nitrogen and oxygen atoms in total. The Morgan fingerprint density at radius 2 is 2.07 bits per heavy atom. The van der Waals surface area contributed by atoms with Crippen LogP contribution in [-0.4, -0.2) is 45.6 Å². The standard InChI is InChI=1S/C17H20N9OP/c1-10(12-5-4-6-19-23-12)26-17-13(8-20-26)18-9-15(22-17)21-14-7-16(25(3)24-14)27-11(2)28/h4-11H,28H2,1-3H3,(H,21,22,24)/t10-,11?/m1/s1. The topological polar surface area (TPSA) is 108 Å². The first-order valence-corrected chi connectivity index (χ1v) is 9.39. The largest absolute Gasteiger partial charge is 0.471 e. The fourth-order valence-corrected chi connectivity index (χ4v) is 2.91. The Morgan fingerprint density at radius 1 is 1.21 bits per heavy atom. The Labute approximate surface area is 163 Å². The smallest absolute Gasteiger partial charge is 0.214 e. The zero-order valence-electron chi connectivity index (χ0n) is 15.7. The average Bonchev–Trinajstić information content (AvgIpc) is 3.24. The zero-order chi connectivity index (χ0) is 19.7. The summed E-state index contributed by atoms with van der Waals surface area (Å²) in [6, 6.07) is 5.43. The summed E-state index contributed by atoms with van der Waals surface area (Å²) in [6.45, 7) is 3.92. The van der Waals surface area contributed by atoms with Crippen LogP contribution in [0.4, 0.5) is 11.6 Å². The van der Waals surface area contributed by atoms with Crippen LogP contribution in [0.25, 0.3) is 11.2 Å². The number of hydrogen-bond acceptors (Lipinski definition) is 8. The summed E-state index contributed by atoms with van der Waals surface area (Å²) in [5.74, 6) is 1.81. The first kappa shape index (κ1) is 18.2. The molecule has 0 amide bonds. The molecule has 4 aromatic rings. The number of aromatic nitrogens is 8. The van der Waals surface area contributed by atoms with Gasteiger partial charge >= 0.3 is 0 Å². The predicted octanol–water partition coefficient (Wildman–Crippen LogP) is 2.30. The van der Waals surface area contributed by atoms with E-state index in [9.17, 15) is 0 Å². The first-order valence-electron chi connectivity index (χ1n) is 8.72. The van der Waals surface area contributed by atoms with E-state index in [4.69, 9.17) is 4.74 Å². The van der Waals surface area contributed by atoms with Crippen LogP contribution in [0.2, 0.25) is 0 Å². The molecular weight excluding hydrogens is 377 g/mol. The van der Waals surface area contributed by atoms with Gasteiger partial charge in [0.2, 0.25) is 5.88 Å². The molecule has 2 unspecified atom stereocenters. The van der Waals surface area contributed by atoms with Gasteiger partial charge in [-0.3, -0.25) is 0 Å². The summed E-state index contributed by atoms with van der Waals surface area (Å²) in [4.78, 5) is 9.10. The number of nitrogens with zero attached hydrogens (tertiary/aromatic N) is 8. The Bertz CT molecular complexity index is 1090. The maximum Gasteiger partial charge on any atom is 0.214 e. The number of anilines is 2. The summed E-state index contributed by atoms with van der Waals surface area (Å²) >= 11 is 0. The van der Waals surface area contributed by atoms with Gasteiger partial charge in [-0.1, -0.05) is 9.24 Å². The number of aryl methyl sites for hydroxylation is 1. The van der Waals surface area contributed by atoms with Crippen molar-refractivity contribution in [1.29, 1.82) is 0 Å². The second kappa shape index (κ2) is 7.47. The number of hydrogen-bond donors (Lipinski definition) is 1. The highest BCUT2D eigenvalue weighted by Crippen LogP contribution is 2.23. The van der Waals surface area contributed by atoms with E-state index in [0.29, 0.717) is 28.7 Å². The van der Waals surface area contributed by atoms with Crippen molar-refractivity contribution in [1.82, 2.24) is 39.7 Å². The molecule has 0 fully saturated rings. The lowest BCUT2D eigenvalue weighted by atomic mass is 10.2. The van der Waals surface area contributed by atoms with E-state index in [1.165, 1.54) is 0 Å². The first-order chi connectivity index (χ1) is 13.5. The third kappa shape index (κ3) is 3.63. The molecule has 1 N–H and O–H groups in total. The number of rotatable bonds is 6. The number of ether oxygens (including phenoxy) is 1. The molecule has 28 heavy (non-hydrogen) atoms. The Morgan fingerprint density at radius 3 is 2.82 bits per heavy atom. The average molecular weight is 397 g/mol. The van der Waals surface area contributed by atoms with Crippen LogP contribution in [0, 0.1) is 0 Å². The summed E-state index contributed by atoms with van der Waals surface area (Å²) in [5, 5.41) is 20.1. The highest BCUT2D eigenvalue weighted by atomic mass is 31.0. The third-order valence-corrected chi connectivity index (χ3v) is 4.23. The lowest BCUT2D eigenvalue weighted by Crippen LogP contribution is -2.11. The minimum Gasteiger partial charge on any atom is -0.471 e. The van der Waals surface area contributed by atoms with Gasteiger partial charge in [0.1, 0.15) is 11.4 Å². The highest BCUT2D eigenvalue weighted by molar-refractivity contribution is 7.17. The van der Waals surface area contributed by atoms with E-state index in [0.717, 1.165) is 5.69 Å². The summed E-state index contributed by atoms with van der Waals surface area (Å²) in [7, 11) is 4.41. The Balaban J connectivity index is 1.63. The van der Waals surface area contributed by atoms with Gasteiger partial charge in [0.15, 0.2) is 17.3 Å². The van der Waals surface area contributed by atoms with Crippen molar-refractivity contribution >= 4 is 32.0 Å². The van der Waals surface area contributed by atoms with Gasteiger partial charge in [0.05, 0.1) is 24.1 Å². The van der Waals surface area contributed by atoms with Crippen molar-refractivity contribution in [3.8, 4) is 5.88 Å². The molecule has 144 valence electrons. The van der Waals surface area contributed by atoms with Gasteiger partial charge in [0, 0.05) is 19.3 Å². The van der Waals surface area contributed by atoms with E-state index < -0.39 is 0 Å². The molecule has 4 heterocycles. The number of nitrogens with one attached hydrogen (secondary N) is 1. The monoisotopic (exact) mass is 397 g/mol. The van der Waals surface area contributed by atoms with E-state index in [1.807, 2.05) is 39.1 Å². The Hall–Kier alpha value is -3.13. The van der Waals surface area contributed by atoms with Crippen molar-refractivity contribution in [2.45, 2.75) is 25.7 Å². The summed E-state index contributed by atoms with van der Waals surface area (Å²) < 4.78 is 9.12. The van der Waals surface area contributed by atoms with Crippen molar-refractivity contribution < 1.29 is 4.74 Å². The molecule has 3 atom stereocenters. The second-order valence-corrected chi connectivity index (χ2v) is 7.26. The Kier molecular flexibility index (Phi) is 4.87. The molecule has 0 aliphatic carbocycles. The van der Waals surface area contributed by atoms with E-state index in [1.54, 1.807) is 28.0 Å². The van der Waals surface area contributed by atoms with Gasteiger partial charge in [-0.05, 0) is 26.0 Å². The van der Waals surface area contributed by atoms with Crippen LogP contribution in [-0.2, 0) is 7.05 Å². The minimum atomic E-state index is -0.130. The van der Waals surface area contributed by atoms with Crippen molar-refractivity contribution in [2.75, 3.05) is 5.32 Å². The molecule has 4 rings (SSSR count). The molecule has 0 aliphatic rings. The van der Waals surface area contributed by atoms with Gasteiger partial charge in [-0.15, -0.1) is 0 Å². The van der Waals surface area contributed by atoms with Crippen LogP contribution >= 0.6 is 9.24 Å². The zero-order valence-corrected chi connectivity index (χ0v) is 16.8. The molecule has 0 spiro atoms. The summed E-state index contributed by atoms with van der Waals surface area (Å²) in [5.41, 5.74) is 2.14. The van der Waals surface area contributed by atoms with Crippen LogP contribution in [0.15, 0.2) is 36.8 Å². The molecule has 0 saturated carbocycles. The lowest BCUT2D eigenvalue weighted by Gasteiger charge is -2.11. The van der Waals surface area contributed by atoms with E-state index >= 15 is 0 Å². The van der Waals surface area contributed by atoms with Gasteiger partial charge in [-0.25, -0.2) is 19.3 Å².